The van der Waals surface area contributed by atoms with E-state index < -0.39 is 29.2 Å². The Balaban J connectivity index is 1.42. The highest BCUT2D eigenvalue weighted by Crippen LogP contribution is 2.44. The number of carbonyl (C=O) groups is 1. The molecule has 0 fully saturated rings. The number of hydrazine groups is 1. The van der Waals surface area contributed by atoms with Crippen LogP contribution in [0.1, 0.15) is 34.8 Å². The lowest BCUT2D eigenvalue weighted by Crippen LogP contribution is -2.53. The molecule has 5 aromatic carbocycles. The first-order valence-electron chi connectivity index (χ1n) is 16.3. The van der Waals surface area contributed by atoms with E-state index in [-0.39, 0.29) is 31.0 Å². The quantitative estimate of drug-likeness (QED) is 0.0361. The van der Waals surface area contributed by atoms with E-state index in [1.54, 1.807) is 48.5 Å². The van der Waals surface area contributed by atoms with Crippen molar-refractivity contribution in [3.63, 3.8) is 0 Å². The van der Waals surface area contributed by atoms with Gasteiger partial charge in [0.25, 0.3) is 5.91 Å². The number of amides is 1. The lowest BCUT2D eigenvalue weighted by molar-refractivity contribution is -0.130. The Morgan fingerprint density at radius 3 is 2.25 bits per heavy atom. The van der Waals surface area contributed by atoms with Gasteiger partial charge in [-0.3, -0.25) is 10.2 Å². The van der Waals surface area contributed by atoms with Crippen molar-refractivity contribution in [1.82, 2.24) is 10.9 Å². The van der Waals surface area contributed by atoms with Crippen LogP contribution in [0.5, 0.6) is 5.75 Å². The van der Waals surface area contributed by atoms with Gasteiger partial charge in [-0.05, 0) is 64.2 Å². The average molecular weight is 689 g/mol. The van der Waals surface area contributed by atoms with Crippen molar-refractivity contribution in [1.29, 1.82) is 0 Å². The Labute approximate surface area is 293 Å². The van der Waals surface area contributed by atoms with Crippen molar-refractivity contribution < 1.29 is 28.2 Å². The molecule has 1 aliphatic rings. The zero-order chi connectivity index (χ0) is 35.6. The number of carbonyl (C=O) groups excluding carboxylic acids is 1. The van der Waals surface area contributed by atoms with Crippen LogP contribution in [0.3, 0.4) is 0 Å². The van der Waals surface area contributed by atoms with Gasteiger partial charge in [0.05, 0.1) is 6.61 Å². The summed E-state index contributed by atoms with van der Waals surface area (Å²) in [6.07, 6.45) is -0.584. The number of hydrogen-bond donors (Lipinski definition) is 3. The summed E-state index contributed by atoms with van der Waals surface area (Å²) in [6.45, 7) is 0.000726. The van der Waals surface area contributed by atoms with Gasteiger partial charge in [-0.2, -0.15) is 0 Å². The van der Waals surface area contributed by atoms with E-state index in [2.05, 4.69) is 20.9 Å². The highest BCUT2D eigenvalue weighted by Gasteiger charge is 2.53. The molecule has 1 heterocycles. The minimum absolute atomic E-state index is 0.00743. The third-order valence-corrected chi connectivity index (χ3v) is 8.48. The summed E-state index contributed by atoms with van der Waals surface area (Å²) in [6, 6.07) is 34.8. The highest BCUT2D eigenvalue weighted by molar-refractivity contribution is 6.01. The molecule has 2 atom stereocenters. The topological polar surface area (TPSA) is 141 Å². The molecule has 0 saturated carbocycles. The predicted octanol–water partition coefficient (Wildman–Crippen LogP) is 7.66. The van der Waals surface area contributed by atoms with Crippen LogP contribution in [-0.2, 0) is 22.5 Å². The van der Waals surface area contributed by atoms with E-state index in [0.29, 0.717) is 41.2 Å². The molecule has 0 radical (unpaired) electrons. The zero-order valence-corrected chi connectivity index (χ0v) is 27.4. The van der Waals surface area contributed by atoms with Crippen LogP contribution < -0.4 is 15.6 Å². The summed E-state index contributed by atoms with van der Waals surface area (Å²) in [5.41, 5.74) is 16.7. The van der Waals surface area contributed by atoms with Crippen molar-refractivity contribution in [2.75, 3.05) is 13.2 Å². The molecule has 258 valence electrons. The predicted molar refractivity (Wildman–Crippen MR) is 189 cm³/mol. The van der Waals surface area contributed by atoms with Gasteiger partial charge >= 0.3 is 0 Å². The van der Waals surface area contributed by atoms with E-state index >= 15 is 0 Å². The second kappa shape index (κ2) is 16.1. The number of ether oxygens (including phenoxy) is 2. The number of nitrogens with one attached hydrogen (secondary N) is 2. The Hall–Kier alpha value is -6.07. The number of rotatable bonds is 14. The monoisotopic (exact) mass is 688 g/mol. The number of benzene rings is 5. The van der Waals surface area contributed by atoms with Gasteiger partial charge in [-0.15, -0.1) is 0 Å². The van der Waals surface area contributed by atoms with Crippen LogP contribution in [-0.4, -0.2) is 35.7 Å². The SMILES string of the molecule is [N-]=[N+]=Nc1ccccc1C[C@]1(C(=O)NNCc2c(F)cccc2F)N=C(c2ccc(OCCCO)cc2)O[C@H]1c1ccc(-c2ccccc2)cc1. The number of nitrogens with zero attached hydrogens (tertiary/aromatic N) is 4. The van der Waals surface area contributed by atoms with E-state index in [9.17, 15) is 19.1 Å². The molecule has 10 nitrogen and oxygen atoms in total. The number of aliphatic imine (C=N–C) groups is 1. The lowest BCUT2D eigenvalue weighted by Gasteiger charge is -2.31. The van der Waals surface area contributed by atoms with E-state index in [4.69, 9.17) is 19.6 Å². The molecule has 0 aromatic heterocycles. The van der Waals surface area contributed by atoms with Crippen LogP contribution in [0.2, 0.25) is 0 Å². The maximum atomic E-state index is 14.6. The maximum absolute atomic E-state index is 14.6. The molecule has 0 bridgehead atoms. The van der Waals surface area contributed by atoms with Gasteiger partial charge in [0, 0.05) is 47.7 Å². The highest BCUT2D eigenvalue weighted by atomic mass is 19.1. The standard InChI is InChI=1S/C39H34F2N6O4/c40-33-11-6-12-34(41)32(33)25-43-46-38(49)39(24-30-10-4-5-13-35(30)45-47-42)36(28-16-14-27(15-17-28)26-8-2-1-3-9-26)51-37(44-39)29-18-20-31(21-19-29)50-23-7-22-48/h1-6,8-21,36,43,48H,7,22-25H2,(H,46,49)/t36-,39-/m0/s1. The van der Waals surface area contributed by atoms with Gasteiger partial charge < -0.3 is 14.6 Å². The summed E-state index contributed by atoms with van der Waals surface area (Å²) in [5.74, 6) is -1.42. The zero-order valence-electron chi connectivity index (χ0n) is 27.4. The molecule has 0 saturated heterocycles. The molecule has 6 rings (SSSR count). The molecule has 5 aromatic rings. The summed E-state index contributed by atoms with van der Waals surface area (Å²) in [7, 11) is 0. The first-order valence-corrected chi connectivity index (χ1v) is 16.3. The van der Waals surface area contributed by atoms with Crippen LogP contribution in [0.15, 0.2) is 131 Å². The molecule has 0 aliphatic carbocycles. The first-order chi connectivity index (χ1) is 24.9. The summed E-state index contributed by atoms with van der Waals surface area (Å²) < 4.78 is 41.2. The van der Waals surface area contributed by atoms with Crippen molar-refractivity contribution in [3.8, 4) is 16.9 Å². The third-order valence-electron chi connectivity index (χ3n) is 8.48. The number of hydrogen-bond acceptors (Lipinski definition) is 7. The smallest absolute Gasteiger partial charge is 0.266 e. The van der Waals surface area contributed by atoms with Gasteiger partial charge in [0.15, 0.2) is 11.6 Å². The number of halogens is 2. The fourth-order valence-corrected chi connectivity index (χ4v) is 5.88. The summed E-state index contributed by atoms with van der Waals surface area (Å²) in [4.78, 5) is 22.5. The average Bonchev–Trinajstić information content (AvgIpc) is 3.55. The molecular weight excluding hydrogens is 654 g/mol. The van der Waals surface area contributed by atoms with E-state index in [0.717, 1.165) is 23.3 Å². The van der Waals surface area contributed by atoms with Crippen LogP contribution in [0, 0.1) is 11.6 Å². The number of azide groups is 1. The van der Waals surface area contributed by atoms with Gasteiger partial charge in [-0.25, -0.2) is 19.2 Å². The summed E-state index contributed by atoms with van der Waals surface area (Å²) in [5, 5.41) is 13.0. The van der Waals surface area contributed by atoms with Crippen molar-refractivity contribution >= 4 is 17.5 Å². The Morgan fingerprint density at radius 2 is 1.55 bits per heavy atom. The second-order valence-electron chi connectivity index (χ2n) is 11.8. The van der Waals surface area contributed by atoms with Crippen LogP contribution in [0.4, 0.5) is 14.5 Å². The molecule has 3 N–H and O–H groups in total. The molecular formula is C39H34F2N6O4. The Kier molecular flexibility index (Phi) is 11.0. The van der Waals surface area contributed by atoms with E-state index in [1.165, 1.54) is 6.07 Å². The van der Waals surface area contributed by atoms with Crippen LogP contribution >= 0.6 is 0 Å². The largest absolute Gasteiger partial charge is 0.494 e. The molecule has 0 spiro atoms. The van der Waals surface area contributed by atoms with Gasteiger partial charge in [-0.1, -0.05) is 90.0 Å². The van der Waals surface area contributed by atoms with Crippen molar-refractivity contribution in [3.05, 3.63) is 166 Å². The summed E-state index contributed by atoms with van der Waals surface area (Å²) >= 11 is 0. The lowest BCUT2D eigenvalue weighted by atomic mass is 9.81. The molecule has 12 heteroatoms. The Morgan fingerprint density at radius 1 is 0.882 bits per heavy atom. The maximum Gasteiger partial charge on any atom is 0.266 e. The number of aliphatic hydroxyl groups is 1. The van der Waals surface area contributed by atoms with Gasteiger partial charge in [0.1, 0.15) is 17.4 Å². The van der Waals surface area contributed by atoms with Gasteiger partial charge in [0.2, 0.25) is 5.90 Å². The molecule has 1 amide bonds. The molecule has 1 aliphatic heterocycles. The molecule has 51 heavy (non-hydrogen) atoms. The minimum atomic E-state index is -1.71. The van der Waals surface area contributed by atoms with E-state index in [1.807, 2.05) is 54.6 Å². The fraction of sp³-hybridized carbons (Fsp3) is 0.179. The number of aliphatic hydroxyl groups excluding tert-OH is 1. The normalized spacial score (nSPS) is 16.5. The first kappa shape index (κ1) is 34.8. The Bertz CT molecular complexity index is 2040. The third kappa shape index (κ3) is 7.89. The van der Waals surface area contributed by atoms with Crippen LogP contribution in [0.25, 0.3) is 21.6 Å². The van der Waals surface area contributed by atoms with Crippen molar-refractivity contribution in [2.24, 2.45) is 10.1 Å². The van der Waals surface area contributed by atoms with Crippen molar-refractivity contribution in [2.45, 2.75) is 31.0 Å². The molecule has 0 unspecified atom stereocenters. The fourth-order valence-electron chi connectivity index (χ4n) is 5.88. The second-order valence-corrected chi connectivity index (χ2v) is 11.8. The minimum Gasteiger partial charge on any atom is -0.494 e.